The Morgan fingerprint density at radius 2 is 2.20 bits per heavy atom. The lowest BCUT2D eigenvalue weighted by atomic mass is 9.99. The van der Waals surface area contributed by atoms with E-state index in [0.29, 0.717) is 17.7 Å². The Morgan fingerprint density at radius 1 is 1.25 bits per heavy atom. The van der Waals surface area contributed by atoms with E-state index in [9.17, 15) is 0 Å². The maximum absolute atomic E-state index is 5.98. The molecule has 0 bridgehead atoms. The average molecular weight is 293 g/mol. The number of anilines is 1. The van der Waals surface area contributed by atoms with Crippen molar-refractivity contribution < 1.29 is 0 Å². The second kappa shape index (κ2) is 4.86. The molecule has 2 saturated heterocycles. The Labute approximate surface area is 122 Å². The van der Waals surface area contributed by atoms with Gasteiger partial charge in [0.15, 0.2) is 11.5 Å². The highest BCUT2D eigenvalue weighted by Gasteiger charge is 2.35. The summed E-state index contributed by atoms with van der Waals surface area (Å²) in [5, 5.41) is 3.80. The lowest BCUT2D eigenvalue weighted by molar-refractivity contribution is 0.192. The summed E-state index contributed by atoms with van der Waals surface area (Å²) >= 11 is 5.98. The molecule has 7 heteroatoms. The molecule has 6 nitrogen and oxygen atoms in total. The first kappa shape index (κ1) is 12.3. The van der Waals surface area contributed by atoms with Crippen LogP contribution in [-0.4, -0.2) is 50.0 Å². The van der Waals surface area contributed by atoms with Crippen LogP contribution >= 0.6 is 11.6 Å². The maximum Gasteiger partial charge on any atom is 0.226 e. The molecule has 2 aromatic rings. The van der Waals surface area contributed by atoms with Gasteiger partial charge >= 0.3 is 0 Å². The van der Waals surface area contributed by atoms with Crippen molar-refractivity contribution in [3.8, 4) is 0 Å². The second-order valence-electron chi connectivity index (χ2n) is 5.58. The number of imidazole rings is 1. The van der Waals surface area contributed by atoms with Gasteiger partial charge in [-0.3, -0.25) is 4.90 Å². The van der Waals surface area contributed by atoms with Crippen LogP contribution < -0.4 is 5.32 Å². The molecule has 2 N–H and O–H groups in total. The van der Waals surface area contributed by atoms with Crippen LogP contribution in [0.15, 0.2) is 6.33 Å². The molecule has 2 aliphatic rings. The third-order valence-electron chi connectivity index (χ3n) is 4.44. The monoisotopic (exact) mass is 292 g/mol. The van der Waals surface area contributed by atoms with Crippen LogP contribution in [0.2, 0.25) is 5.28 Å². The molecular formula is C13H17ClN6. The minimum atomic E-state index is 0.241. The van der Waals surface area contributed by atoms with E-state index in [4.69, 9.17) is 11.6 Å². The van der Waals surface area contributed by atoms with Crippen LogP contribution in [0, 0.1) is 0 Å². The molecule has 4 heterocycles. The molecular weight excluding hydrogens is 276 g/mol. The Kier molecular flexibility index (Phi) is 3.00. The third-order valence-corrected chi connectivity index (χ3v) is 4.61. The van der Waals surface area contributed by atoms with Crippen LogP contribution in [0.5, 0.6) is 0 Å². The van der Waals surface area contributed by atoms with Gasteiger partial charge in [0.1, 0.15) is 5.52 Å². The zero-order chi connectivity index (χ0) is 13.5. The average Bonchev–Trinajstić information content (AvgIpc) is 3.06. The molecule has 0 radical (unpaired) electrons. The van der Waals surface area contributed by atoms with Crippen LogP contribution in [0.1, 0.15) is 25.7 Å². The Hall–Kier alpha value is -1.40. The van der Waals surface area contributed by atoms with Crippen LogP contribution in [0.4, 0.5) is 5.82 Å². The van der Waals surface area contributed by atoms with Gasteiger partial charge in [0.25, 0.3) is 0 Å². The third kappa shape index (κ3) is 2.03. The SMILES string of the molecule is Clc1nc(NC2CCN3CCCCC23)c2[nH]cnc2n1. The van der Waals surface area contributed by atoms with Crippen molar-refractivity contribution in [2.45, 2.75) is 37.8 Å². The summed E-state index contributed by atoms with van der Waals surface area (Å²) in [5.74, 6) is 0.773. The first-order valence-electron chi connectivity index (χ1n) is 7.18. The van der Waals surface area contributed by atoms with E-state index in [2.05, 4.69) is 30.2 Å². The minimum Gasteiger partial charge on any atom is -0.364 e. The van der Waals surface area contributed by atoms with E-state index in [1.165, 1.54) is 32.4 Å². The van der Waals surface area contributed by atoms with Gasteiger partial charge in [-0.1, -0.05) is 6.42 Å². The number of H-pyrrole nitrogens is 1. The highest BCUT2D eigenvalue weighted by molar-refractivity contribution is 6.28. The number of rotatable bonds is 2. The van der Waals surface area contributed by atoms with Gasteiger partial charge in [-0.2, -0.15) is 9.97 Å². The summed E-state index contributed by atoms with van der Waals surface area (Å²) in [7, 11) is 0. The minimum absolute atomic E-state index is 0.241. The first-order chi connectivity index (χ1) is 9.81. The molecule has 20 heavy (non-hydrogen) atoms. The molecule has 0 saturated carbocycles. The van der Waals surface area contributed by atoms with Gasteiger partial charge in [0, 0.05) is 18.6 Å². The van der Waals surface area contributed by atoms with Gasteiger partial charge in [0.2, 0.25) is 5.28 Å². The first-order valence-corrected chi connectivity index (χ1v) is 7.56. The van der Waals surface area contributed by atoms with Crippen molar-refractivity contribution in [3.63, 3.8) is 0 Å². The summed E-state index contributed by atoms with van der Waals surface area (Å²) in [4.78, 5) is 18.3. The number of nitrogens with one attached hydrogen (secondary N) is 2. The van der Waals surface area contributed by atoms with Crippen molar-refractivity contribution in [3.05, 3.63) is 11.6 Å². The van der Waals surface area contributed by atoms with E-state index in [1.807, 2.05) is 0 Å². The van der Waals surface area contributed by atoms with Crippen molar-refractivity contribution in [2.24, 2.45) is 0 Å². The van der Waals surface area contributed by atoms with Gasteiger partial charge in [0.05, 0.1) is 6.33 Å². The summed E-state index contributed by atoms with van der Waals surface area (Å²) in [6, 6.07) is 1.06. The van der Waals surface area contributed by atoms with Crippen molar-refractivity contribution in [2.75, 3.05) is 18.4 Å². The molecule has 0 amide bonds. The number of hydrogen-bond acceptors (Lipinski definition) is 5. The lowest BCUT2D eigenvalue weighted by Gasteiger charge is -2.32. The predicted octanol–water partition coefficient (Wildman–Crippen LogP) is 2.04. The zero-order valence-corrected chi connectivity index (χ0v) is 11.9. The zero-order valence-electron chi connectivity index (χ0n) is 11.1. The number of aromatic nitrogens is 4. The van der Waals surface area contributed by atoms with E-state index in [-0.39, 0.29) is 5.28 Å². The van der Waals surface area contributed by atoms with E-state index in [1.54, 1.807) is 6.33 Å². The van der Waals surface area contributed by atoms with Crippen molar-refractivity contribution in [1.82, 2.24) is 24.8 Å². The predicted molar refractivity (Wildman–Crippen MR) is 77.9 cm³/mol. The number of halogens is 1. The fourth-order valence-corrected chi connectivity index (χ4v) is 3.67. The quantitative estimate of drug-likeness (QED) is 0.829. The van der Waals surface area contributed by atoms with Crippen LogP contribution in [0.3, 0.4) is 0 Å². The van der Waals surface area contributed by atoms with Gasteiger partial charge in [-0.05, 0) is 37.4 Å². The number of nitrogens with zero attached hydrogens (tertiary/aromatic N) is 4. The Balaban J connectivity index is 1.62. The molecule has 106 valence electrons. The van der Waals surface area contributed by atoms with Crippen LogP contribution in [0.25, 0.3) is 11.2 Å². The number of hydrogen-bond donors (Lipinski definition) is 2. The number of aromatic amines is 1. The van der Waals surface area contributed by atoms with Gasteiger partial charge in [-0.25, -0.2) is 4.98 Å². The molecule has 0 aromatic carbocycles. The Bertz CT molecular complexity index is 626. The Morgan fingerprint density at radius 3 is 3.15 bits per heavy atom. The maximum atomic E-state index is 5.98. The summed E-state index contributed by atoms with van der Waals surface area (Å²) in [6.45, 7) is 2.40. The molecule has 0 aliphatic carbocycles. The molecule has 4 rings (SSSR count). The summed E-state index contributed by atoms with van der Waals surface area (Å²) in [5.41, 5.74) is 1.45. The topological polar surface area (TPSA) is 69.7 Å². The molecule has 0 spiro atoms. The normalized spacial score (nSPS) is 26.9. The van der Waals surface area contributed by atoms with Crippen molar-refractivity contribution in [1.29, 1.82) is 0 Å². The van der Waals surface area contributed by atoms with E-state index < -0.39 is 0 Å². The number of piperidine rings is 1. The molecule has 2 aromatic heterocycles. The molecule has 2 fully saturated rings. The summed E-state index contributed by atoms with van der Waals surface area (Å²) in [6.07, 6.45) is 6.70. The smallest absolute Gasteiger partial charge is 0.226 e. The molecule has 2 aliphatic heterocycles. The number of fused-ring (bicyclic) bond motifs is 2. The highest BCUT2D eigenvalue weighted by Crippen LogP contribution is 2.30. The second-order valence-corrected chi connectivity index (χ2v) is 5.92. The van der Waals surface area contributed by atoms with Crippen molar-refractivity contribution >= 4 is 28.6 Å². The van der Waals surface area contributed by atoms with Gasteiger partial charge < -0.3 is 10.3 Å². The highest BCUT2D eigenvalue weighted by atomic mass is 35.5. The molecule has 2 unspecified atom stereocenters. The fourth-order valence-electron chi connectivity index (χ4n) is 3.50. The standard InChI is InChI=1S/C13H17ClN6/c14-13-18-11-10(15-7-16-11)12(19-13)17-8-4-6-20-5-2-1-3-9(8)20/h7-9H,1-6H2,(H2,15,16,17,18,19). The van der Waals surface area contributed by atoms with Gasteiger partial charge in [-0.15, -0.1) is 0 Å². The molecule has 2 atom stereocenters. The van der Waals surface area contributed by atoms with E-state index in [0.717, 1.165) is 17.8 Å². The summed E-state index contributed by atoms with van der Waals surface area (Å²) < 4.78 is 0. The fraction of sp³-hybridized carbons (Fsp3) is 0.615. The largest absolute Gasteiger partial charge is 0.364 e. The lowest BCUT2D eigenvalue weighted by Crippen LogP contribution is -2.41. The van der Waals surface area contributed by atoms with E-state index >= 15 is 0 Å². The van der Waals surface area contributed by atoms with Crippen LogP contribution in [-0.2, 0) is 0 Å².